The largest absolute Gasteiger partial charge is 0.327 e. The first-order chi connectivity index (χ1) is 3.31. The van der Waals surface area contributed by atoms with E-state index in [1.807, 2.05) is 6.92 Å². The fourth-order valence-corrected chi connectivity index (χ4v) is 0.432. The third-order valence-electron chi connectivity index (χ3n) is 0.875. The van der Waals surface area contributed by atoms with Crippen molar-refractivity contribution in [3.8, 4) is 0 Å². The molecule has 0 aromatic heterocycles. The molecule has 0 atom stereocenters. The number of rotatable bonds is 2. The molecule has 0 aromatic carbocycles. The molecule has 2 N–H and O–H groups in total. The van der Waals surface area contributed by atoms with E-state index in [2.05, 4.69) is 13.0 Å². The Morgan fingerprint density at radius 1 is 1.62 bits per heavy atom. The molecule has 0 saturated carbocycles. The van der Waals surface area contributed by atoms with Crippen LogP contribution in [0.3, 0.4) is 0 Å². The van der Waals surface area contributed by atoms with Crippen LogP contribution in [0, 0.1) is 0 Å². The highest BCUT2D eigenvalue weighted by atomic mass is 35.5. The molecule has 0 aliphatic carbocycles. The van der Waals surface area contributed by atoms with Gasteiger partial charge in [0.25, 0.3) is 0 Å². The number of halogens is 1. The molecule has 1 nitrogen and oxygen atoms in total. The Bertz CT molecular complexity index is 68.9. The Kier molecular flexibility index (Phi) is 9.51. The molecule has 0 amide bonds. The van der Waals surface area contributed by atoms with Gasteiger partial charge in [0, 0.05) is 6.54 Å². The predicted molar refractivity (Wildman–Crippen MR) is 40.4 cm³/mol. The second kappa shape index (κ2) is 6.99. The van der Waals surface area contributed by atoms with Crippen molar-refractivity contribution in [3.05, 3.63) is 11.6 Å². The molecule has 0 heterocycles. The zero-order valence-electron chi connectivity index (χ0n) is 5.48. The lowest BCUT2D eigenvalue weighted by Gasteiger charge is -1.88. The molecule has 2 heteroatoms. The molecule has 0 saturated heterocycles. The van der Waals surface area contributed by atoms with Gasteiger partial charge >= 0.3 is 0 Å². The molecule has 8 heavy (non-hydrogen) atoms. The highest BCUT2D eigenvalue weighted by molar-refractivity contribution is 5.85. The molecule has 0 aliphatic rings. The minimum Gasteiger partial charge on any atom is -0.327 e. The van der Waals surface area contributed by atoms with E-state index in [0.29, 0.717) is 6.54 Å². The summed E-state index contributed by atoms with van der Waals surface area (Å²) in [7, 11) is 0. The van der Waals surface area contributed by atoms with E-state index in [0.717, 1.165) is 6.42 Å². The normalized spacial score (nSPS) is 10.6. The van der Waals surface area contributed by atoms with Gasteiger partial charge in [-0.2, -0.15) is 0 Å². The Hall–Kier alpha value is -0.0100. The van der Waals surface area contributed by atoms with E-state index in [-0.39, 0.29) is 12.4 Å². The minimum absolute atomic E-state index is 0. The summed E-state index contributed by atoms with van der Waals surface area (Å²) >= 11 is 0. The van der Waals surface area contributed by atoms with Crippen molar-refractivity contribution in [1.82, 2.24) is 0 Å². The van der Waals surface area contributed by atoms with Gasteiger partial charge in [-0.15, -0.1) is 12.4 Å². The second-order valence-electron chi connectivity index (χ2n) is 1.66. The Morgan fingerprint density at radius 3 is 2.25 bits per heavy atom. The van der Waals surface area contributed by atoms with Crippen molar-refractivity contribution >= 4 is 12.4 Å². The van der Waals surface area contributed by atoms with Crippen LogP contribution in [-0.4, -0.2) is 6.54 Å². The van der Waals surface area contributed by atoms with Gasteiger partial charge in [0.15, 0.2) is 0 Å². The molecule has 0 spiro atoms. The van der Waals surface area contributed by atoms with Crippen LogP contribution in [0.4, 0.5) is 0 Å². The molecule has 0 aromatic rings. The van der Waals surface area contributed by atoms with Crippen molar-refractivity contribution < 1.29 is 0 Å². The third-order valence-corrected chi connectivity index (χ3v) is 0.875. The number of hydrogen-bond acceptors (Lipinski definition) is 1. The topological polar surface area (TPSA) is 26.0 Å². The molecule has 0 radical (unpaired) electrons. The van der Waals surface area contributed by atoms with Crippen LogP contribution in [0.15, 0.2) is 11.6 Å². The van der Waals surface area contributed by atoms with Gasteiger partial charge in [-0.05, 0) is 13.3 Å². The molecule has 0 rings (SSSR count). The smallest absolute Gasteiger partial charge is 0.0134 e. The maximum atomic E-state index is 5.29. The van der Waals surface area contributed by atoms with Crippen LogP contribution >= 0.6 is 12.4 Å². The van der Waals surface area contributed by atoms with Crippen LogP contribution in [0.25, 0.3) is 0 Å². The quantitative estimate of drug-likeness (QED) is 0.574. The average molecular weight is 136 g/mol. The Morgan fingerprint density at radius 2 is 2.12 bits per heavy atom. The SMILES string of the molecule is CC/C=C(\C)CN.Cl. The van der Waals surface area contributed by atoms with Crippen LogP contribution in [0.5, 0.6) is 0 Å². The lowest BCUT2D eigenvalue weighted by Crippen LogP contribution is -1.98. The zero-order valence-corrected chi connectivity index (χ0v) is 6.29. The monoisotopic (exact) mass is 135 g/mol. The van der Waals surface area contributed by atoms with Gasteiger partial charge in [-0.1, -0.05) is 18.6 Å². The first-order valence-electron chi connectivity index (χ1n) is 2.67. The number of nitrogens with two attached hydrogens (primary N) is 1. The summed E-state index contributed by atoms with van der Waals surface area (Å²) in [5, 5.41) is 0. The van der Waals surface area contributed by atoms with E-state index >= 15 is 0 Å². The van der Waals surface area contributed by atoms with Crippen molar-refractivity contribution in [3.63, 3.8) is 0 Å². The van der Waals surface area contributed by atoms with Crippen molar-refractivity contribution in [2.75, 3.05) is 6.54 Å². The summed E-state index contributed by atoms with van der Waals surface area (Å²) in [4.78, 5) is 0. The molecule has 50 valence electrons. The van der Waals surface area contributed by atoms with Gasteiger partial charge in [0.05, 0.1) is 0 Å². The summed E-state index contributed by atoms with van der Waals surface area (Å²) in [5.74, 6) is 0. The minimum atomic E-state index is 0. The fourth-order valence-electron chi connectivity index (χ4n) is 0.432. The van der Waals surface area contributed by atoms with Gasteiger partial charge < -0.3 is 5.73 Å². The second-order valence-corrected chi connectivity index (χ2v) is 1.66. The van der Waals surface area contributed by atoms with Crippen molar-refractivity contribution in [2.24, 2.45) is 5.73 Å². The van der Waals surface area contributed by atoms with Crippen molar-refractivity contribution in [1.29, 1.82) is 0 Å². The van der Waals surface area contributed by atoms with Crippen LogP contribution in [-0.2, 0) is 0 Å². The van der Waals surface area contributed by atoms with Gasteiger partial charge in [0.2, 0.25) is 0 Å². The van der Waals surface area contributed by atoms with Crippen LogP contribution in [0.1, 0.15) is 20.3 Å². The Labute approximate surface area is 57.4 Å². The molecule has 0 fully saturated rings. The van der Waals surface area contributed by atoms with E-state index in [1.54, 1.807) is 0 Å². The molecular weight excluding hydrogens is 122 g/mol. The lowest BCUT2D eigenvalue weighted by atomic mass is 10.2. The maximum Gasteiger partial charge on any atom is 0.0134 e. The van der Waals surface area contributed by atoms with Crippen LogP contribution in [0.2, 0.25) is 0 Å². The van der Waals surface area contributed by atoms with Gasteiger partial charge in [0.1, 0.15) is 0 Å². The van der Waals surface area contributed by atoms with E-state index in [4.69, 9.17) is 5.73 Å². The predicted octanol–water partition coefficient (Wildman–Crippen LogP) is 1.72. The summed E-state index contributed by atoms with van der Waals surface area (Å²) in [6, 6.07) is 0. The molecule has 0 unspecified atom stereocenters. The van der Waals surface area contributed by atoms with E-state index in [1.165, 1.54) is 5.57 Å². The summed E-state index contributed by atoms with van der Waals surface area (Å²) in [6.45, 7) is 4.86. The lowest BCUT2D eigenvalue weighted by molar-refractivity contribution is 1.09. The highest BCUT2D eigenvalue weighted by Gasteiger charge is 1.76. The number of allylic oxidation sites excluding steroid dienone is 1. The zero-order chi connectivity index (χ0) is 5.70. The van der Waals surface area contributed by atoms with Crippen molar-refractivity contribution in [2.45, 2.75) is 20.3 Å². The molecular formula is C6H14ClN. The van der Waals surface area contributed by atoms with Crippen LogP contribution < -0.4 is 5.73 Å². The highest BCUT2D eigenvalue weighted by Crippen LogP contribution is 1.89. The van der Waals surface area contributed by atoms with Gasteiger partial charge in [-0.25, -0.2) is 0 Å². The molecule has 0 aliphatic heterocycles. The third kappa shape index (κ3) is 5.99. The molecule has 0 bridgehead atoms. The fraction of sp³-hybridized carbons (Fsp3) is 0.667. The average Bonchev–Trinajstić information content (AvgIpc) is 1.68. The first kappa shape index (κ1) is 10.9. The summed E-state index contributed by atoms with van der Waals surface area (Å²) in [5.41, 5.74) is 6.57. The van der Waals surface area contributed by atoms with E-state index < -0.39 is 0 Å². The number of hydrogen-bond donors (Lipinski definition) is 1. The van der Waals surface area contributed by atoms with Gasteiger partial charge in [-0.3, -0.25) is 0 Å². The standard InChI is InChI=1S/C6H13N.ClH/c1-3-4-6(2)5-7;/h4H,3,5,7H2,1-2H3;1H/b6-4+;. The Balaban J connectivity index is 0. The maximum absolute atomic E-state index is 5.29. The summed E-state index contributed by atoms with van der Waals surface area (Å²) < 4.78 is 0. The summed E-state index contributed by atoms with van der Waals surface area (Å²) in [6.07, 6.45) is 3.24. The van der Waals surface area contributed by atoms with E-state index in [9.17, 15) is 0 Å². The first-order valence-corrected chi connectivity index (χ1v) is 2.67.